The van der Waals surface area contributed by atoms with E-state index in [9.17, 15) is 10.2 Å². The summed E-state index contributed by atoms with van der Waals surface area (Å²) in [7, 11) is 0. The third kappa shape index (κ3) is 1.54. The number of nitrogens with two attached hydrogens (primary N) is 1. The standard InChI is InChI=1S/C7H15NO3/c8-2-4-1-5(3-9)7(11)6(4)10/h4-7,9-11H,1-3,8H2/t4-,5-,6-,7-/m0/s1. The second kappa shape index (κ2) is 3.49. The van der Waals surface area contributed by atoms with E-state index in [2.05, 4.69) is 0 Å². The Kier molecular flexibility index (Phi) is 2.84. The predicted octanol–water partition coefficient (Wildman–Crippen LogP) is -1.70. The molecule has 0 aromatic heterocycles. The summed E-state index contributed by atoms with van der Waals surface area (Å²) in [6.07, 6.45) is -0.930. The minimum Gasteiger partial charge on any atom is -0.396 e. The Hall–Kier alpha value is -0.160. The highest BCUT2D eigenvalue weighted by molar-refractivity contribution is 4.90. The molecule has 11 heavy (non-hydrogen) atoms. The van der Waals surface area contributed by atoms with Crippen LogP contribution in [0, 0.1) is 11.8 Å². The van der Waals surface area contributed by atoms with Crippen LogP contribution in [0.3, 0.4) is 0 Å². The second-order valence-corrected chi connectivity index (χ2v) is 3.16. The van der Waals surface area contributed by atoms with Crippen molar-refractivity contribution in [3.05, 3.63) is 0 Å². The van der Waals surface area contributed by atoms with Gasteiger partial charge in [0.05, 0.1) is 12.2 Å². The lowest BCUT2D eigenvalue weighted by Crippen LogP contribution is -2.31. The maximum absolute atomic E-state index is 9.32. The molecule has 5 N–H and O–H groups in total. The first-order valence-electron chi connectivity index (χ1n) is 3.87. The van der Waals surface area contributed by atoms with Gasteiger partial charge in [-0.25, -0.2) is 0 Å². The number of hydrogen-bond acceptors (Lipinski definition) is 4. The van der Waals surface area contributed by atoms with E-state index in [0.717, 1.165) is 0 Å². The van der Waals surface area contributed by atoms with Gasteiger partial charge in [0.2, 0.25) is 0 Å². The molecule has 4 nitrogen and oxygen atoms in total. The summed E-state index contributed by atoms with van der Waals surface area (Å²) in [5.74, 6) is -0.249. The Balaban J connectivity index is 2.53. The maximum Gasteiger partial charge on any atom is 0.0852 e. The fraction of sp³-hybridized carbons (Fsp3) is 1.00. The summed E-state index contributed by atoms with van der Waals surface area (Å²) in [4.78, 5) is 0. The molecule has 0 bridgehead atoms. The van der Waals surface area contributed by atoms with Gasteiger partial charge in [0.25, 0.3) is 0 Å². The fourth-order valence-electron chi connectivity index (χ4n) is 1.64. The molecule has 0 heterocycles. The first kappa shape index (κ1) is 8.93. The van der Waals surface area contributed by atoms with Gasteiger partial charge in [-0.2, -0.15) is 0 Å². The van der Waals surface area contributed by atoms with E-state index in [1.807, 2.05) is 0 Å². The molecule has 1 aliphatic carbocycles. The van der Waals surface area contributed by atoms with Gasteiger partial charge in [-0.05, 0) is 13.0 Å². The number of aliphatic hydroxyl groups excluding tert-OH is 3. The Labute approximate surface area is 65.6 Å². The largest absolute Gasteiger partial charge is 0.396 e. The third-order valence-corrected chi connectivity index (χ3v) is 2.46. The Morgan fingerprint density at radius 2 is 1.73 bits per heavy atom. The molecule has 0 aliphatic heterocycles. The van der Waals surface area contributed by atoms with Crippen molar-refractivity contribution in [2.24, 2.45) is 17.6 Å². The van der Waals surface area contributed by atoms with E-state index in [1.165, 1.54) is 0 Å². The minimum atomic E-state index is -0.798. The normalized spacial score (nSPS) is 44.7. The van der Waals surface area contributed by atoms with E-state index >= 15 is 0 Å². The van der Waals surface area contributed by atoms with Gasteiger partial charge in [0.15, 0.2) is 0 Å². The van der Waals surface area contributed by atoms with Crippen molar-refractivity contribution in [2.45, 2.75) is 18.6 Å². The van der Waals surface area contributed by atoms with Crippen molar-refractivity contribution in [3.8, 4) is 0 Å². The van der Waals surface area contributed by atoms with Gasteiger partial charge in [0.1, 0.15) is 0 Å². The van der Waals surface area contributed by atoms with Crippen LogP contribution in [0.4, 0.5) is 0 Å². The van der Waals surface area contributed by atoms with Crippen LogP contribution in [0.15, 0.2) is 0 Å². The molecule has 4 atom stereocenters. The van der Waals surface area contributed by atoms with Crippen molar-refractivity contribution in [1.29, 1.82) is 0 Å². The van der Waals surface area contributed by atoms with Gasteiger partial charge in [-0.15, -0.1) is 0 Å². The van der Waals surface area contributed by atoms with Gasteiger partial charge in [0, 0.05) is 18.4 Å². The van der Waals surface area contributed by atoms with E-state index in [-0.39, 0.29) is 18.4 Å². The highest BCUT2D eigenvalue weighted by Crippen LogP contribution is 2.30. The summed E-state index contributed by atoms with van der Waals surface area (Å²) >= 11 is 0. The van der Waals surface area contributed by atoms with E-state index < -0.39 is 12.2 Å². The molecular weight excluding hydrogens is 146 g/mol. The topological polar surface area (TPSA) is 86.7 Å². The summed E-state index contributed by atoms with van der Waals surface area (Å²) in [6, 6.07) is 0. The van der Waals surface area contributed by atoms with Crippen molar-refractivity contribution < 1.29 is 15.3 Å². The zero-order valence-electron chi connectivity index (χ0n) is 6.35. The summed E-state index contributed by atoms with van der Waals surface area (Å²) in [6.45, 7) is 0.295. The zero-order valence-corrected chi connectivity index (χ0v) is 6.35. The van der Waals surface area contributed by atoms with Crippen LogP contribution in [-0.2, 0) is 0 Å². The fourth-order valence-corrected chi connectivity index (χ4v) is 1.64. The Morgan fingerprint density at radius 1 is 1.18 bits per heavy atom. The van der Waals surface area contributed by atoms with Crippen molar-refractivity contribution in [1.82, 2.24) is 0 Å². The smallest absolute Gasteiger partial charge is 0.0852 e. The van der Waals surface area contributed by atoms with Gasteiger partial charge >= 0.3 is 0 Å². The monoisotopic (exact) mass is 161 g/mol. The SMILES string of the molecule is NC[C@@H]1C[C@@H](CO)[C@H](O)[C@H]1O. The lowest BCUT2D eigenvalue weighted by atomic mass is 10.1. The molecule has 0 unspecified atom stereocenters. The summed E-state index contributed by atoms with van der Waals surface area (Å²) in [5, 5.41) is 27.4. The Bertz CT molecular complexity index is 113. The average molecular weight is 161 g/mol. The molecule has 1 fully saturated rings. The zero-order chi connectivity index (χ0) is 8.43. The third-order valence-electron chi connectivity index (χ3n) is 2.46. The van der Waals surface area contributed by atoms with Crippen LogP contribution in [0.25, 0.3) is 0 Å². The molecule has 1 saturated carbocycles. The molecule has 66 valence electrons. The summed E-state index contributed by atoms with van der Waals surface area (Å²) < 4.78 is 0. The van der Waals surface area contributed by atoms with E-state index in [1.54, 1.807) is 0 Å². The van der Waals surface area contributed by atoms with Crippen LogP contribution in [0.5, 0.6) is 0 Å². The average Bonchev–Trinajstić information content (AvgIpc) is 2.30. The lowest BCUT2D eigenvalue weighted by Gasteiger charge is -2.14. The number of hydrogen-bond donors (Lipinski definition) is 4. The second-order valence-electron chi connectivity index (χ2n) is 3.16. The molecule has 0 aromatic rings. The molecule has 1 rings (SSSR count). The first-order valence-corrected chi connectivity index (χ1v) is 3.87. The highest BCUT2D eigenvalue weighted by atomic mass is 16.3. The molecule has 4 heteroatoms. The van der Waals surface area contributed by atoms with Crippen LogP contribution >= 0.6 is 0 Å². The predicted molar refractivity (Wildman–Crippen MR) is 39.8 cm³/mol. The van der Waals surface area contributed by atoms with Gasteiger partial charge in [-0.3, -0.25) is 0 Å². The van der Waals surface area contributed by atoms with Crippen LogP contribution < -0.4 is 5.73 Å². The highest BCUT2D eigenvalue weighted by Gasteiger charge is 2.39. The molecule has 0 saturated heterocycles. The van der Waals surface area contributed by atoms with Gasteiger partial charge < -0.3 is 21.1 Å². The lowest BCUT2D eigenvalue weighted by molar-refractivity contribution is -0.00476. The van der Waals surface area contributed by atoms with Crippen LogP contribution in [0.2, 0.25) is 0 Å². The maximum atomic E-state index is 9.32. The Morgan fingerprint density at radius 3 is 2.00 bits per heavy atom. The number of rotatable bonds is 2. The summed E-state index contributed by atoms with van der Waals surface area (Å²) in [5.41, 5.74) is 5.35. The van der Waals surface area contributed by atoms with Gasteiger partial charge in [-0.1, -0.05) is 0 Å². The quantitative estimate of drug-likeness (QED) is 0.388. The number of aliphatic hydroxyl groups is 3. The molecule has 0 radical (unpaired) electrons. The van der Waals surface area contributed by atoms with Crippen LogP contribution in [-0.4, -0.2) is 40.7 Å². The molecule has 1 aliphatic rings. The van der Waals surface area contributed by atoms with Crippen LogP contribution in [0.1, 0.15) is 6.42 Å². The van der Waals surface area contributed by atoms with Crippen molar-refractivity contribution in [2.75, 3.05) is 13.2 Å². The molecular formula is C7H15NO3. The molecule has 0 aromatic carbocycles. The molecule has 0 amide bonds. The van der Waals surface area contributed by atoms with Crippen molar-refractivity contribution in [3.63, 3.8) is 0 Å². The van der Waals surface area contributed by atoms with E-state index in [4.69, 9.17) is 10.8 Å². The first-order chi connectivity index (χ1) is 5.20. The minimum absolute atomic E-state index is 0.0536. The van der Waals surface area contributed by atoms with E-state index in [0.29, 0.717) is 13.0 Å². The van der Waals surface area contributed by atoms with Crippen molar-refractivity contribution >= 4 is 0 Å². The molecule has 0 spiro atoms.